The number of amides is 2. The van der Waals surface area contributed by atoms with E-state index in [4.69, 9.17) is 4.84 Å². The molecule has 0 spiro atoms. The smallest absolute Gasteiger partial charge is 0.319 e. The fourth-order valence-corrected chi connectivity index (χ4v) is 2.73. The first-order valence-electron chi connectivity index (χ1n) is 9.01. The molecule has 3 aromatic rings. The van der Waals surface area contributed by atoms with Crippen molar-refractivity contribution in [3.05, 3.63) is 64.0 Å². The minimum atomic E-state index is -0.831. The van der Waals surface area contributed by atoms with Crippen molar-refractivity contribution in [3.8, 4) is 0 Å². The highest BCUT2D eigenvalue weighted by Gasteiger charge is 2.17. The van der Waals surface area contributed by atoms with E-state index in [1.807, 2.05) is 5.48 Å². The molecule has 0 saturated heterocycles. The van der Waals surface area contributed by atoms with Crippen molar-refractivity contribution in [2.45, 2.75) is 0 Å². The predicted molar refractivity (Wildman–Crippen MR) is 112 cm³/mol. The number of carbonyl (C=O) groups is 1. The monoisotopic (exact) mass is 529 g/mol. The zero-order chi connectivity index (χ0) is 23.8. The molecule has 2 aromatic carbocycles. The van der Waals surface area contributed by atoms with Crippen molar-refractivity contribution in [2.75, 3.05) is 23.9 Å². The van der Waals surface area contributed by atoms with Crippen LogP contribution in [0.2, 0.25) is 0 Å². The molecule has 15 heteroatoms. The minimum absolute atomic E-state index is 0.0000469. The Morgan fingerprint density at radius 2 is 1.91 bits per heavy atom. The maximum atomic E-state index is 13.4. The molecule has 11 nitrogen and oxygen atoms in total. The lowest BCUT2D eigenvalue weighted by Gasteiger charge is -2.09. The average molecular weight is 530 g/mol. The number of hydrogen-bond acceptors (Lipinski definition) is 8. The number of aromatic nitrogens is 2. The van der Waals surface area contributed by atoms with Crippen LogP contribution in [0.3, 0.4) is 0 Å². The van der Waals surface area contributed by atoms with Gasteiger partial charge in [-0.2, -0.15) is 0 Å². The summed E-state index contributed by atoms with van der Waals surface area (Å²) in [5.74, 6) is -2.39. The molecule has 2 amide bonds. The van der Waals surface area contributed by atoms with Gasteiger partial charge in [0.05, 0.1) is 16.8 Å². The van der Waals surface area contributed by atoms with Crippen LogP contribution in [-0.2, 0) is 4.84 Å². The van der Waals surface area contributed by atoms with Crippen LogP contribution in [0.5, 0.6) is 0 Å². The number of halogens is 4. The second-order valence-corrected chi connectivity index (χ2v) is 6.98. The van der Waals surface area contributed by atoms with Crippen LogP contribution in [0.25, 0.3) is 0 Å². The van der Waals surface area contributed by atoms with E-state index in [9.17, 15) is 23.2 Å². The molecule has 0 aliphatic rings. The number of rotatable bonds is 8. The summed E-state index contributed by atoms with van der Waals surface area (Å²) >= 11 is 3.03. The van der Waals surface area contributed by atoms with Crippen LogP contribution >= 0.6 is 15.9 Å². The number of nitrogens with zero attached hydrogens (tertiary/aromatic N) is 3. The highest BCUT2D eigenvalue weighted by Crippen LogP contribution is 2.23. The molecule has 3 rings (SSSR count). The molecule has 0 saturated carbocycles. The molecule has 0 radical (unpaired) electrons. The van der Waals surface area contributed by atoms with Crippen LogP contribution in [-0.4, -0.2) is 40.5 Å². The molecule has 5 N–H and O–H groups in total. The Labute approximate surface area is 192 Å². The van der Waals surface area contributed by atoms with Gasteiger partial charge in [0.2, 0.25) is 5.82 Å². The quantitative estimate of drug-likeness (QED) is 0.129. The van der Waals surface area contributed by atoms with E-state index in [-0.39, 0.29) is 46.3 Å². The third-order valence-corrected chi connectivity index (χ3v) is 4.35. The summed E-state index contributed by atoms with van der Waals surface area (Å²) in [5.41, 5.74) is 4.42. The van der Waals surface area contributed by atoms with Gasteiger partial charge in [0, 0.05) is 18.3 Å². The number of aliphatic imine (C=N–C) groups is 1. The highest BCUT2D eigenvalue weighted by molar-refractivity contribution is 9.10. The Balaban J connectivity index is 1.50. The first kappa shape index (κ1) is 24.0. The maximum absolute atomic E-state index is 13.4. The summed E-state index contributed by atoms with van der Waals surface area (Å²) in [7, 11) is 0. The maximum Gasteiger partial charge on any atom is 0.319 e. The Morgan fingerprint density at radius 3 is 2.61 bits per heavy atom. The zero-order valence-corrected chi connectivity index (χ0v) is 18.0. The Morgan fingerprint density at radius 1 is 1.15 bits per heavy atom. The third kappa shape index (κ3) is 6.90. The summed E-state index contributed by atoms with van der Waals surface area (Å²) in [6.45, 7) is -0.0682. The van der Waals surface area contributed by atoms with E-state index in [0.29, 0.717) is 6.07 Å². The van der Waals surface area contributed by atoms with Gasteiger partial charge in [-0.15, -0.1) is 0 Å². The standard InChI is InChI=1S/C18H15BrF3N7O4/c19-13-8-11(1-2-14(13)22)24-16(26-31)15-17(29-33-27-15)28-32-4-3-23-18(30)25-12-6-9(20)5-10(21)7-12/h1-2,5-8,31H,3-4H2,(H,24,26)(H,28,29)(H2,23,25,30). The lowest BCUT2D eigenvalue weighted by molar-refractivity contribution is 0.190. The van der Waals surface area contributed by atoms with Gasteiger partial charge in [0.1, 0.15) is 17.5 Å². The minimum Gasteiger partial charge on any atom is -0.335 e. The Bertz CT molecular complexity index is 1140. The summed E-state index contributed by atoms with van der Waals surface area (Å²) in [6.07, 6.45) is 0. The molecule has 0 aliphatic carbocycles. The van der Waals surface area contributed by atoms with Gasteiger partial charge in [-0.05, 0) is 56.6 Å². The van der Waals surface area contributed by atoms with Crippen molar-refractivity contribution in [3.63, 3.8) is 0 Å². The summed E-state index contributed by atoms with van der Waals surface area (Å²) in [5, 5.41) is 21.2. The highest BCUT2D eigenvalue weighted by atomic mass is 79.9. The van der Waals surface area contributed by atoms with Crippen LogP contribution < -0.4 is 21.6 Å². The summed E-state index contributed by atoms with van der Waals surface area (Å²) in [4.78, 5) is 21.0. The van der Waals surface area contributed by atoms with Crippen LogP contribution in [0, 0.1) is 17.5 Å². The molecule has 33 heavy (non-hydrogen) atoms. The molecule has 0 atom stereocenters. The van der Waals surface area contributed by atoms with Crippen molar-refractivity contribution in [1.82, 2.24) is 21.1 Å². The molecule has 174 valence electrons. The van der Waals surface area contributed by atoms with Gasteiger partial charge < -0.3 is 10.6 Å². The second kappa shape index (κ2) is 11.3. The lowest BCUT2D eigenvalue weighted by Crippen LogP contribution is -2.32. The van der Waals surface area contributed by atoms with Gasteiger partial charge >= 0.3 is 6.03 Å². The van der Waals surface area contributed by atoms with Gasteiger partial charge in [0.25, 0.3) is 0 Å². The topological polar surface area (TPSA) is 146 Å². The molecule has 0 bridgehead atoms. The van der Waals surface area contributed by atoms with Gasteiger partial charge in [-0.1, -0.05) is 0 Å². The van der Waals surface area contributed by atoms with Crippen LogP contribution in [0.4, 0.5) is 35.2 Å². The van der Waals surface area contributed by atoms with Crippen LogP contribution in [0.1, 0.15) is 5.69 Å². The van der Waals surface area contributed by atoms with E-state index < -0.39 is 23.5 Å². The SMILES string of the molecule is O=C(NCCONc1nonc1C(=Nc1ccc(F)c(Br)c1)NO)Nc1cc(F)cc(F)c1. The average Bonchev–Trinajstić information content (AvgIpc) is 3.22. The molecular formula is C18H15BrF3N7O4. The molecule has 0 fully saturated rings. The molecular weight excluding hydrogens is 515 g/mol. The predicted octanol–water partition coefficient (Wildman–Crippen LogP) is 3.47. The Kier molecular flexibility index (Phi) is 8.17. The molecule has 0 aliphatic heterocycles. The van der Waals surface area contributed by atoms with Crippen molar-refractivity contribution in [2.24, 2.45) is 4.99 Å². The number of anilines is 2. The number of urea groups is 1. The van der Waals surface area contributed by atoms with Gasteiger partial charge in [-0.3, -0.25) is 15.5 Å². The first-order chi connectivity index (χ1) is 15.9. The van der Waals surface area contributed by atoms with Crippen molar-refractivity contribution >= 4 is 45.0 Å². The van der Waals surface area contributed by atoms with E-state index in [0.717, 1.165) is 12.1 Å². The van der Waals surface area contributed by atoms with E-state index >= 15 is 0 Å². The number of amidine groups is 1. The summed E-state index contributed by atoms with van der Waals surface area (Å²) < 4.78 is 44.4. The number of benzene rings is 2. The van der Waals surface area contributed by atoms with Crippen molar-refractivity contribution < 1.29 is 32.6 Å². The number of hydrogen-bond donors (Lipinski definition) is 5. The van der Waals surface area contributed by atoms with Crippen molar-refractivity contribution in [1.29, 1.82) is 0 Å². The van der Waals surface area contributed by atoms with Crippen LogP contribution in [0.15, 0.2) is 50.5 Å². The fourth-order valence-electron chi connectivity index (χ4n) is 2.36. The van der Waals surface area contributed by atoms with Gasteiger partial charge in [-0.25, -0.2) is 33.1 Å². The molecule has 0 unspecified atom stereocenters. The fraction of sp³-hybridized carbons (Fsp3) is 0.111. The van der Waals surface area contributed by atoms with E-state index in [1.54, 1.807) is 0 Å². The number of hydroxylamine groups is 1. The first-order valence-corrected chi connectivity index (χ1v) is 9.80. The zero-order valence-electron chi connectivity index (χ0n) is 16.4. The normalized spacial score (nSPS) is 11.2. The summed E-state index contributed by atoms with van der Waals surface area (Å²) in [6, 6.07) is 5.79. The van der Waals surface area contributed by atoms with E-state index in [1.165, 1.54) is 18.2 Å². The van der Waals surface area contributed by atoms with E-state index in [2.05, 4.69) is 52.0 Å². The molecule has 1 aromatic heterocycles. The third-order valence-electron chi connectivity index (χ3n) is 3.74. The largest absolute Gasteiger partial charge is 0.335 e. The second-order valence-electron chi connectivity index (χ2n) is 6.12. The lowest BCUT2D eigenvalue weighted by atomic mass is 10.3. The number of carbonyl (C=O) groups excluding carboxylic acids is 1. The number of nitrogens with one attached hydrogen (secondary N) is 4. The molecule has 1 heterocycles. The van der Waals surface area contributed by atoms with Gasteiger partial charge in [0.15, 0.2) is 11.5 Å². The Hall–Kier alpha value is -3.69.